The van der Waals surface area contributed by atoms with Gasteiger partial charge < -0.3 is 4.90 Å². The van der Waals surface area contributed by atoms with Gasteiger partial charge in [-0.25, -0.2) is 0 Å². The molecule has 0 radical (unpaired) electrons. The minimum atomic E-state index is 1.13. The lowest BCUT2D eigenvalue weighted by Crippen LogP contribution is -2.09. The molecule has 0 aliphatic carbocycles. The molecule has 216 valence electrons. The van der Waals surface area contributed by atoms with Crippen molar-refractivity contribution in [1.29, 1.82) is 0 Å². The summed E-state index contributed by atoms with van der Waals surface area (Å²) in [5.41, 5.74) is 8.36. The first-order chi connectivity index (χ1) is 22.8. The van der Waals surface area contributed by atoms with Crippen molar-refractivity contribution in [3.8, 4) is 22.3 Å². The van der Waals surface area contributed by atoms with Gasteiger partial charge in [-0.15, -0.1) is 11.3 Å². The van der Waals surface area contributed by atoms with Crippen molar-refractivity contribution >= 4 is 70.1 Å². The van der Waals surface area contributed by atoms with Crippen molar-refractivity contribution < 1.29 is 0 Å². The molecule has 8 aromatic carbocycles. The first-order valence-electron chi connectivity index (χ1n) is 15.7. The van der Waals surface area contributed by atoms with E-state index in [1.54, 1.807) is 0 Å². The second kappa shape index (κ2) is 11.0. The van der Waals surface area contributed by atoms with Gasteiger partial charge in [0.2, 0.25) is 0 Å². The number of benzene rings is 8. The maximum absolute atomic E-state index is 2.38. The molecule has 9 aromatic rings. The van der Waals surface area contributed by atoms with E-state index < -0.39 is 0 Å². The highest BCUT2D eigenvalue weighted by molar-refractivity contribution is 7.26. The lowest BCUT2D eigenvalue weighted by molar-refractivity contribution is 1.29. The smallest absolute Gasteiger partial charge is 0.0468 e. The van der Waals surface area contributed by atoms with Gasteiger partial charge in [0.15, 0.2) is 0 Å². The summed E-state index contributed by atoms with van der Waals surface area (Å²) < 4.78 is 2.60. The van der Waals surface area contributed by atoms with Crippen LogP contribution in [0.1, 0.15) is 0 Å². The highest BCUT2D eigenvalue weighted by Gasteiger charge is 2.17. The Morgan fingerprint density at radius 3 is 1.80 bits per heavy atom. The average Bonchev–Trinajstić information content (AvgIpc) is 3.51. The summed E-state index contributed by atoms with van der Waals surface area (Å²) in [5.74, 6) is 0. The number of para-hydroxylation sites is 1. The van der Waals surface area contributed by atoms with Crippen molar-refractivity contribution in [3.05, 3.63) is 176 Å². The van der Waals surface area contributed by atoms with Crippen LogP contribution in [0.3, 0.4) is 0 Å². The molecule has 0 bridgehead atoms. The van der Waals surface area contributed by atoms with Gasteiger partial charge in [0.1, 0.15) is 0 Å². The van der Waals surface area contributed by atoms with Crippen LogP contribution in [0, 0.1) is 0 Å². The summed E-state index contributed by atoms with van der Waals surface area (Å²) in [7, 11) is 0. The van der Waals surface area contributed by atoms with Crippen LogP contribution >= 0.6 is 11.3 Å². The van der Waals surface area contributed by atoms with Crippen LogP contribution in [0.15, 0.2) is 176 Å². The molecule has 9 rings (SSSR count). The summed E-state index contributed by atoms with van der Waals surface area (Å²) in [6.45, 7) is 0. The Morgan fingerprint density at radius 1 is 0.348 bits per heavy atom. The Labute approximate surface area is 272 Å². The molecule has 0 amide bonds. The summed E-state index contributed by atoms with van der Waals surface area (Å²) in [6, 6.07) is 63.9. The monoisotopic (exact) mass is 603 g/mol. The van der Waals surface area contributed by atoms with E-state index >= 15 is 0 Å². The third-order valence-electron chi connectivity index (χ3n) is 9.04. The summed E-state index contributed by atoms with van der Waals surface area (Å²) in [4.78, 5) is 2.36. The first-order valence-corrected chi connectivity index (χ1v) is 16.5. The Bertz CT molecular complexity index is 2510. The SMILES string of the molecule is c1ccc(-c2ccc(N(c3ccccc3)c3ccc4sc5cccc(-c6ccc7ccc8ccccc8c7c6)c5c4c3)cc2)cc1. The highest BCUT2D eigenvalue weighted by atomic mass is 32.1. The fourth-order valence-corrected chi connectivity index (χ4v) is 7.93. The van der Waals surface area contributed by atoms with Gasteiger partial charge in [0.05, 0.1) is 0 Å². The topological polar surface area (TPSA) is 3.24 Å². The number of hydrogen-bond acceptors (Lipinski definition) is 2. The van der Waals surface area contributed by atoms with Crippen LogP contribution in [-0.4, -0.2) is 0 Å². The highest BCUT2D eigenvalue weighted by Crippen LogP contribution is 2.44. The maximum Gasteiger partial charge on any atom is 0.0468 e. The molecule has 0 saturated carbocycles. The number of anilines is 3. The fraction of sp³-hybridized carbons (Fsp3) is 0. The molecule has 0 saturated heterocycles. The van der Waals surface area contributed by atoms with Gasteiger partial charge in [-0.3, -0.25) is 0 Å². The Balaban J connectivity index is 1.22. The minimum Gasteiger partial charge on any atom is -0.310 e. The molecule has 0 aliphatic rings. The lowest BCUT2D eigenvalue weighted by Gasteiger charge is -2.26. The number of fused-ring (bicyclic) bond motifs is 6. The van der Waals surface area contributed by atoms with E-state index in [1.807, 2.05) is 11.3 Å². The lowest BCUT2D eigenvalue weighted by atomic mass is 9.95. The van der Waals surface area contributed by atoms with Crippen molar-refractivity contribution in [2.24, 2.45) is 0 Å². The predicted molar refractivity (Wildman–Crippen MR) is 200 cm³/mol. The van der Waals surface area contributed by atoms with E-state index in [9.17, 15) is 0 Å². The molecule has 0 atom stereocenters. The second-order valence-corrected chi connectivity index (χ2v) is 12.9. The molecule has 0 aliphatic heterocycles. The number of rotatable bonds is 5. The third-order valence-corrected chi connectivity index (χ3v) is 10.2. The van der Waals surface area contributed by atoms with E-state index in [4.69, 9.17) is 0 Å². The molecule has 46 heavy (non-hydrogen) atoms. The van der Waals surface area contributed by atoms with E-state index in [0.29, 0.717) is 0 Å². The average molecular weight is 604 g/mol. The Morgan fingerprint density at radius 2 is 0.978 bits per heavy atom. The van der Waals surface area contributed by atoms with Crippen molar-refractivity contribution in [1.82, 2.24) is 0 Å². The van der Waals surface area contributed by atoms with Gasteiger partial charge in [-0.05, 0) is 98.4 Å². The summed E-state index contributed by atoms with van der Waals surface area (Å²) in [5, 5.41) is 7.73. The molecule has 0 N–H and O–H groups in total. The van der Waals surface area contributed by atoms with Gasteiger partial charge >= 0.3 is 0 Å². The minimum absolute atomic E-state index is 1.13. The van der Waals surface area contributed by atoms with E-state index in [1.165, 1.54) is 64.0 Å². The Hall–Kier alpha value is -5.70. The van der Waals surface area contributed by atoms with Crippen LogP contribution in [0.4, 0.5) is 17.1 Å². The van der Waals surface area contributed by atoms with Crippen LogP contribution in [0.2, 0.25) is 0 Å². The third kappa shape index (κ3) is 4.54. The van der Waals surface area contributed by atoms with Crippen LogP contribution in [0.5, 0.6) is 0 Å². The molecule has 0 spiro atoms. The van der Waals surface area contributed by atoms with Crippen LogP contribution < -0.4 is 4.90 Å². The molecule has 0 unspecified atom stereocenters. The molecular formula is C44H29NS. The van der Waals surface area contributed by atoms with E-state index in [0.717, 1.165) is 17.1 Å². The van der Waals surface area contributed by atoms with Crippen molar-refractivity contribution in [2.45, 2.75) is 0 Å². The summed E-state index contributed by atoms with van der Waals surface area (Å²) in [6.07, 6.45) is 0. The standard InChI is InChI=1S/C44H29NS/c1-3-10-30(11-4-1)31-22-24-36(25-23-31)45(35-13-5-2-6-14-35)37-26-27-42-41(29-37)44-39(16-9-17-43(44)46-42)34-21-20-33-19-18-32-12-7-8-15-38(32)40(33)28-34/h1-29H. The molecule has 0 fully saturated rings. The van der Waals surface area contributed by atoms with E-state index in [2.05, 4.69) is 181 Å². The normalized spacial score (nSPS) is 11.5. The van der Waals surface area contributed by atoms with Gasteiger partial charge in [-0.1, -0.05) is 121 Å². The zero-order valence-corrected chi connectivity index (χ0v) is 25.9. The zero-order chi connectivity index (χ0) is 30.5. The van der Waals surface area contributed by atoms with Gasteiger partial charge in [0.25, 0.3) is 0 Å². The van der Waals surface area contributed by atoms with Crippen LogP contribution in [0.25, 0.3) is 64.0 Å². The quantitative estimate of drug-likeness (QED) is 0.177. The fourth-order valence-electron chi connectivity index (χ4n) is 6.82. The number of nitrogens with zero attached hydrogens (tertiary/aromatic N) is 1. The largest absolute Gasteiger partial charge is 0.310 e. The molecule has 2 heteroatoms. The van der Waals surface area contributed by atoms with E-state index in [-0.39, 0.29) is 0 Å². The van der Waals surface area contributed by atoms with Crippen molar-refractivity contribution in [3.63, 3.8) is 0 Å². The molecule has 1 heterocycles. The molecule has 1 nitrogen and oxygen atoms in total. The van der Waals surface area contributed by atoms with Crippen LogP contribution in [-0.2, 0) is 0 Å². The number of hydrogen-bond donors (Lipinski definition) is 0. The maximum atomic E-state index is 2.38. The molecular weight excluding hydrogens is 575 g/mol. The predicted octanol–water partition coefficient (Wildman–Crippen LogP) is 13.2. The molecule has 1 aromatic heterocycles. The van der Waals surface area contributed by atoms with Crippen molar-refractivity contribution in [2.75, 3.05) is 4.90 Å². The zero-order valence-electron chi connectivity index (χ0n) is 25.1. The van der Waals surface area contributed by atoms with Gasteiger partial charge in [0, 0.05) is 37.2 Å². The number of thiophene rings is 1. The Kier molecular flexibility index (Phi) is 6.40. The van der Waals surface area contributed by atoms with Gasteiger partial charge in [-0.2, -0.15) is 0 Å². The first kappa shape index (κ1) is 26.7. The second-order valence-electron chi connectivity index (χ2n) is 11.8. The summed E-state index contributed by atoms with van der Waals surface area (Å²) >= 11 is 1.87.